The number of nitrogens with zero attached hydrogens (tertiary/aromatic N) is 1. The molecule has 1 heterocycles. The molecule has 0 unspecified atom stereocenters. The summed E-state index contributed by atoms with van der Waals surface area (Å²) in [6.45, 7) is 5.52. The van der Waals surface area contributed by atoms with Crippen molar-refractivity contribution < 1.29 is 9.53 Å². The number of amides is 1. The van der Waals surface area contributed by atoms with Crippen LogP contribution in [-0.4, -0.2) is 21.8 Å². The normalized spacial score (nSPS) is 11.3. The number of hydrogen-bond acceptors (Lipinski definition) is 4. The highest BCUT2D eigenvalue weighted by molar-refractivity contribution is 5.87. The molecule has 0 fully saturated rings. The number of ether oxygens (including phenoxy) is 1. The van der Waals surface area contributed by atoms with Crippen LogP contribution in [0, 0.1) is 0 Å². The molecule has 0 aliphatic heterocycles. The molecule has 1 aromatic heterocycles. The predicted octanol–water partition coefficient (Wildman–Crippen LogP) is 1.81. The summed E-state index contributed by atoms with van der Waals surface area (Å²) in [7, 11) is 0. The van der Waals surface area contributed by atoms with Gasteiger partial charge in [-0.2, -0.15) is 0 Å². The average molecular weight is 261 g/mol. The number of carbonyl (C=O) groups is 1. The van der Waals surface area contributed by atoms with E-state index in [0.29, 0.717) is 10.8 Å². The van der Waals surface area contributed by atoms with Crippen molar-refractivity contribution in [2.75, 3.05) is 0 Å². The van der Waals surface area contributed by atoms with Gasteiger partial charge >= 0.3 is 6.09 Å². The van der Waals surface area contributed by atoms with E-state index in [1.807, 2.05) is 20.8 Å². The van der Waals surface area contributed by atoms with Crippen LogP contribution >= 0.6 is 0 Å². The molecule has 0 saturated heterocycles. The Kier molecular flexibility index (Phi) is 3.25. The van der Waals surface area contributed by atoms with Gasteiger partial charge in [-0.15, -0.1) is 5.10 Å². The van der Waals surface area contributed by atoms with Crippen molar-refractivity contribution in [1.82, 2.24) is 15.5 Å². The summed E-state index contributed by atoms with van der Waals surface area (Å²) in [5, 5.41) is 9.63. The molecule has 2 aromatic rings. The summed E-state index contributed by atoms with van der Waals surface area (Å²) >= 11 is 0. The van der Waals surface area contributed by atoms with E-state index in [9.17, 15) is 9.59 Å². The molecule has 1 aromatic carbocycles. The Morgan fingerprint density at radius 1 is 1.26 bits per heavy atom. The van der Waals surface area contributed by atoms with E-state index < -0.39 is 11.6 Å². The Labute approximate surface area is 109 Å². The van der Waals surface area contributed by atoms with E-state index in [0.717, 1.165) is 0 Å². The Bertz CT molecular complexity index is 671. The lowest BCUT2D eigenvalue weighted by Crippen LogP contribution is -2.42. The van der Waals surface area contributed by atoms with E-state index in [1.54, 1.807) is 24.3 Å². The summed E-state index contributed by atoms with van der Waals surface area (Å²) in [6.07, 6.45) is -0.614. The molecule has 2 N–H and O–H groups in total. The molecule has 0 aliphatic carbocycles. The summed E-state index contributed by atoms with van der Waals surface area (Å²) in [5.41, 5.74) is -0.728. The van der Waals surface area contributed by atoms with E-state index in [-0.39, 0.29) is 11.4 Å². The van der Waals surface area contributed by atoms with Gasteiger partial charge in [0.25, 0.3) is 5.56 Å². The molecule has 0 aliphatic rings. The van der Waals surface area contributed by atoms with E-state index >= 15 is 0 Å². The lowest BCUT2D eigenvalue weighted by molar-refractivity contribution is 0.189. The van der Waals surface area contributed by atoms with Gasteiger partial charge in [0.2, 0.25) is 5.88 Å². The van der Waals surface area contributed by atoms with Crippen molar-refractivity contribution in [3.63, 3.8) is 0 Å². The Morgan fingerprint density at radius 2 is 1.89 bits per heavy atom. The van der Waals surface area contributed by atoms with Crippen molar-refractivity contribution in [3.05, 3.63) is 34.6 Å². The summed E-state index contributed by atoms with van der Waals surface area (Å²) in [6, 6.07) is 6.80. The molecule has 2 rings (SSSR count). The number of nitrogens with one attached hydrogen (secondary N) is 2. The molecule has 100 valence electrons. The zero-order valence-electron chi connectivity index (χ0n) is 11.0. The fourth-order valence-electron chi connectivity index (χ4n) is 1.59. The second-order valence-electron chi connectivity index (χ2n) is 5.17. The first-order chi connectivity index (χ1) is 8.87. The molecular weight excluding hydrogens is 246 g/mol. The smallest absolute Gasteiger partial charge is 0.389 e. The van der Waals surface area contributed by atoms with Crippen LogP contribution in [-0.2, 0) is 0 Å². The van der Waals surface area contributed by atoms with Gasteiger partial charge in [-0.25, -0.2) is 9.89 Å². The number of carbonyl (C=O) groups excluding carboxylic acids is 1. The van der Waals surface area contributed by atoms with Crippen molar-refractivity contribution in [2.45, 2.75) is 26.3 Å². The van der Waals surface area contributed by atoms with Gasteiger partial charge in [0.15, 0.2) is 0 Å². The number of fused-ring (bicyclic) bond motifs is 1. The molecule has 0 bridgehead atoms. The first-order valence-electron chi connectivity index (χ1n) is 5.84. The minimum Gasteiger partial charge on any atom is -0.389 e. The number of aromatic amines is 1. The number of rotatable bonds is 1. The fourth-order valence-corrected chi connectivity index (χ4v) is 1.59. The molecule has 19 heavy (non-hydrogen) atoms. The number of hydrogen-bond donors (Lipinski definition) is 2. The Balaban J connectivity index is 2.34. The maximum atomic E-state index is 11.7. The van der Waals surface area contributed by atoms with Crippen LogP contribution in [0.25, 0.3) is 10.8 Å². The van der Waals surface area contributed by atoms with E-state index in [1.165, 1.54) is 0 Å². The molecular formula is C13H15N3O3. The largest absolute Gasteiger partial charge is 0.414 e. The first-order valence-corrected chi connectivity index (χ1v) is 5.84. The highest BCUT2D eigenvalue weighted by Gasteiger charge is 2.17. The molecule has 0 atom stereocenters. The fraction of sp³-hybridized carbons (Fsp3) is 0.308. The minimum absolute atomic E-state index is 0.0805. The highest BCUT2D eigenvalue weighted by atomic mass is 16.6. The molecule has 6 nitrogen and oxygen atoms in total. The quantitative estimate of drug-likeness (QED) is 0.820. The third-order valence-corrected chi connectivity index (χ3v) is 2.33. The minimum atomic E-state index is -0.614. The van der Waals surface area contributed by atoms with E-state index in [2.05, 4.69) is 15.5 Å². The van der Waals surface area contributed by atoms with Crippen molar-refractivity contribution in [2.24, 2.45) is 0 Å². The SMILES string of the molecule is CC(C)(C)NC(=O)Oc1n[nH]c(=O)c2ccccc12. The molecule has 0 saturated carbocycles. The third kappa shape index (κ3) is 3.09. The molecule has 0 spiro atoms. The van der Waals surface area contributed by atoms with Gasteiger partial charge in [0, 0.05) is 5.54 Å². The second-order valence-corrected chi connectivity index (χ2v) is 5.17. The Hall–Kier alpha value is -2.37. The maximum Gasteiger partial charge on any atom is 0.414 e. The first kappa shape index (κ1) is 13.1. The zero-order valence-corrected chi connectivity index (χ0v) is 11.0. The lowest BCUT2D eigenvalue weighted by atomic mass is 10.1. The lowest BCUT2D eigenvalue weighted by Gasteiger charge is -2.19. The van der Waals surface area contributed by atoms with Gasteiger partial charge in [0.1, 0.15) is 0 Å². The monoisotopic (exact) mass is 261 g/mol. The standard InChI is InChI=1S/C13H15N3O3/c1-13(2,3)14-12(18)19-11-9-7-5-4-6-8(9)10(17)15-16-11/h4-7H,1-3H3,(H,14,18)(H,15,17). The summed E-state index contributed by atoms with van der Waals surface area (Å²) in [5.74, 6) is 0.0805. The number of aromatic nitrogens is 2. The van der Waals surface area contributed by atoms with Crippen molar-refractivity contribution in [1.29, 1.82) is 0 Å². The average Bonchev–Trinajstić information content (AvgIpc) is 2.31. The van der Waals surface area contributed by atoms with E-state index in [4.69, 9.17) is 4.74 Å². The molecule has 0 radical (unpaired) electrons. The third-order valence-electron chi connectivity index (χ3n) is 2.33. The van der Waals surface area contributed by atoms with Crippen LogP contribution in [0.3, 0.4) is 0 Å². The van der Waals surface area contributed by atoms with Crippen LogP contribution < -0.4 is 15.6 Å². The summed E-state index contributed by atoms with van der Waals surface area (Å²) < 4.78 is 5.13. The van der Waals surface area contributed by atoms with Crippen LogP contribution in [0.5, 0.6) is 5.88 Å². The molecule has 6 heteroatoms. The Morgan fingerprint density at radius 3 is 2.53 bits per heavy atom. The van der Waals surface area contributed by atoms with Crippen LogP contribution in [0.1, 0.15) is 20.8 Å². The van der Waals surface area contributed by atoms with Crippen LogP contribution in [0.4, 0.5) is 4.79 Å². The van der Waals surface area contributed by atoms with Crippen LogP contribution in [0.2, 0.25) is 0 Å². The van der Waals surface area contributed by atoms with Gasteiger partial charge in [-0.3, -0.25) is 4.79 Å². The summed E-state index contributed by atoms with van der Waals surface area (Å²) in [4.78, 5) is 23.3. The molecule has 1 amide bonds. The number of H-pyrrole nitrogens is 1. The van der Waals surface area contributed by atoms with Gasteiger partial charge in [-0.05, 0) is 32.9 Å². The van der Waals surface area contributed by atoms with Gasteiger partial charge in [0.05, 0.1) is 10.8 Å². The van der Waals surface area contributed by atoms with Crippen molar-refractivity contribution >= 4 is 16.9 Å². The predicted molar refractivity (Wildman–Crippen MR) is 71.3 cm³/mol. The van der Waals surface area contributed by atoms with Crippen molar-refractivity contribution in [3.8, 4) is 5.88 Å². The topological polar surface area (TPSA) is 84.1 Å². The second kappa shape index (κ2) is 4.72. The van der Waals surface area contributed by atoms with Gasteiger partial charge in [-0.1, -0.05) is 12.1 Å². The van der Waals surface area contributed by atoms with Crippen LogP contribution in [0.15, 0.2) is 29.1 Å². The highest BCUT2D eigenvalue weighted by Crippen LogP contribution is 2.19. The van der Waals surface area contributed by atoms with Gasteiger partial charge < -0.3 is 10.1 Å². The maximum absolute atomic E-state index is 11.7. The number of benzene rings is 1. The zero-order chi connectivity index (χ0) is 14.0.